The van der Waals surface area contributed by atoms with Crippen LogP contribution in [0.25, 0.3) is 0 Å². The van der Waals surface area contributed by atoms with Crippen LogP contribution in [0.4, 0.5) is 5.69 Å². The molecule has 0 aromatic heterocycles. The van der Waals surface area contributed by atoms with Crippen molar-refractivity contribution >= 4 is 11.6 Å². The van der Waals surface area contributed by atoms with Crippen LogP contribution in [0.2, 0.25) is 0 Å². The summed E-state index contributed by atoms with van der Waals surface area (Å²) in [7, 11) is 0. The van der Waals surface area contributed by atoms with E-state index in [1.54, 1.807) is 0 Å². The molecule has 3 rings (SSSR count). The van der Waals surface area contributed by atoms with Crippen LogP contribution in [0.5, 0.6) is 0 Å². The normalized spacial score (nSPS) is 21.2. The molecule has 2 aliphatic rings. The summed E-state index contributed by atoms with van der Waals surface area (Å²) in [6.07, 6.45) is 5.95. The van der Waals surface area contributed by atoms with Gasteiger partial charge in [-0.3, -0.25) is 4.99 Å². The number of guanidine groups is 1. The second-order valence-corrected chi connectivity index (χ2v) is 6.31. The summed E-state index contributed by atoms with van der Waals surface area (Å²) in [5.74, 6) is 0.374. The van der Waals surface area contributed by atoms with Crippen molar-refractivity contribution in [2.45, 2.75) is 44.1 Å². The Morgan fingerprint density at radius 1 is 1.27 bits per heavy atom. The minimum Gasteiger partial charge on any atom is -0.388 e. The Hall–Kier alpha value is -1.59. The van der Waals surface area contributed by atoms with Crippen molar-refractivity contribution < 1.29 is 9.84 Å². The molecule has 4 N–H and O–H groups in total. The van der Waals surface area contributed by atoms with Crippen LogP contribution in [-0.2, 0) is 17.6 Å². The van der Waals surface area contributed by atoms with Crippen molar-refractivity contribution in [1.29, 1.82) is 0 Å². The number of fused-ring (bicyclic) bond motifs is 1. The van der Waals surface area contributed by atoms with Crippen molar-refractivity contribution in [3.05, 3.63) is 29.3 Å². The van der Waals surface area contributed by atoms with Gasteiger partial charge in [-0.15, -0.1) is 0 Å². The van der Waals surface area contributed by atoms with Crippen LogP contribution >= 0.6 is 0 Å². The number of nitrogens with one attached hydrogen (secondary N) is 1. The molecule has 1 fully saturated rings. The molecule has 1 aliphatic heterocycles. The Labute approximate surface area is 131 Å². The summed E-state index contributed by atoms with van der Waals surface area (Å²) >= 11 is 0. The van der Waals surface area contributed by atoms with E-state index in [1.807, 2.05) is 0 Å². The monoisotopic (exact) mass is 303 g/mol. The summed E-state index contributed by atoms with van der Waals surface area (Å²) in [4.78, 5) is 4.34. The molecule has 5 nitrogen and oxygen atoms in total. The Balaban J connectivity index is 1.66. The molecular weight excluding hydrogens is 278 g/mol. The zero-order chi connectivity index (χ0) is 15.4. The first-order chi connectivity index (χ1) is 10.7. The van der Waals surface area contributed by atoms with Crippen LogP contribution in [0.3, 0.4) is 0 Å². The molecule has 0 atom stereocenters. The molecule has 0 saturated carbocycles. The molecule has 5 heteroatoms. The highest BCUT2D eigenvalue weighted by Gasteiger charge is 2.29. The summed E-state index contributed by atoms with van der Waals surface area (Å²) in [6, 6.07) is 6.30. The van der Waals surface area contributed by atoms with E-state index in [9.17, 15) is 5.11 Å². The highest BCUT2D eigenvalue weighted by Crippen LogP contribution is 2.27. The van der Waals surface area contributed by atoms with E-state index in [1.165, 1.54) is 24.0 Å². The van der Waals surface area contributed by atoms with Crippen molar-refractivity contribution in [3.63, 3.8) is 0 Å². The first-order valence-electron chi connectivity index (χ1n) is 8.14. The second kappa shape index (κ2) is 6.67. The number of ether oxygens (including phenoxy) is 1. The lowest BCUT2D eigenvalue weighted by Gasteiger charge is -2.30. The maximum absolute atomic E-state index is 10.4. The fourth-order valence-electron chi connectivity index (χ4n) is 3.22. The highest BCUT2D eigenvalue weighted by molar-refractivity contribution is 5.93. The van der Waals surface area contributed by atoms with E-state index >= 15 is 0 Å². The van der Waals surface area contributed by atoms with E-state index in [0.29, 0.717) is 38.6 Å². The minimum absolute atomic E-state index is 0.324. The Morgan fingerprint density at radius 2 is 2.05 bits per heavy atom. The van der Waals surface area contributed by atoms with Gasteiger partial charge >= 0.3 is 0 Å². The maximum atomic E-state index is 10.4. The fraction of sp³-hybridized carbons (Fsp3) is 0.588. The molecule has 0 bridgehead atoms. The van der Waals surface area contributed by atoms with Gasteiger partial charge in [0, 0.05) is 31.7 Å². The number of aliphatic imine (C=N–C) groups is 1. The van der Waals surface area contributed by atoms with Gasteiger partial charge in [0.05, 0.1) is 12.1 Å². The second-order valence-electron chi connectivity index (χ2n) is 6.31. The molecular formula is C17H25N3O2. The standard InChI is InChI=1S/C17H25N3O2/c18-16(19-12-17(21)8-10-22-11-9-17)20-15-7-3-5-13-4-1-2-6-14(13)15/h3,5,7,21H,1-2,4,6,8-12H2,(H3,18,19,20). The molecule has 0 radical (unpaired) electrons. The third-order valence-electron chi connectivity index (χ3n) is 4.63. The smallest absolute Gasteiger partial charge is 0.193 e. The Bertz CT molecular complexity index is 551. The summed E-state index contributed by atoms with van der Waals surface area (Å²) in [5.41, 5.74) is 9.05. The predicted molar refractivity (Wildman–Crippen MR) is 88.2 cm³/mol. The van der Waals surface area contributed by atoms with Gasteiger partial charge in [0.2, 0.25) is 0 Å². The summed E-state index contributed by atoms with van der Waals surface area (Å²) < 4.78 is 5.27. The van der Waals surface area contributed by atoms with Crippen LogP contribution in [0, 0.1) is 0 Å². The lowest BCUT2D eigenvalue weighted by atomic mass is 9.90. The number of aliphatic hydroxyl groups is 1. The average Bonchev–Trinajstić information content (AvgIpc) is 2.54. The van der Waals surface area contributed by atoms with Gasteiger partial charge in [-0.25, -0.2) is 0 Å². The molecule has 0 unspecified atom stereocenters. The molecule has 1 aromatic rings. The molecule has 1 aliphatic carbocycles. The van der Waals surface area contributed by atoms with E-state index in [4.69, 9.17) is 10.5 Å². The molecule has 22 heavy (non-hydrogen) atoms. The maximum Gasteiger partial charge on any atom is 0.193 e. The molecule has 1 heterocycles. The number of aryl methyl sites for hydroxylation is 1. The van der Waals surface area contributed by atoms with Crippen molar-refractivity contribution in [3.8, 4) is 0 Å². The number of hydrogen-bond acceptors (Lipinski definition) is 3. The third kappa shape index (κ3) is 3.59. The van der Waals surface area contributed by atoms with Crippen LogP contribution < -0.4 is 11.1 Å². The first-order valence-corrected chi connectivity index (χ1v) is 8.14. The predicted octanol–water partition coefficient (Wildman–Crippen LogP) is 1.83. The van der Waals surface area contributed by atoms with Gasteiger partial charge in [0.1, 0.15) is 0 Å². The van der Waals surface area contributed by atoms with E-state index in [-0.39, 0.29) is 0 Å². The minimum atomic E-state index is -0.777. The van der Waals surface area contributed by atoms with Crippen LogP contribution in [0.15, 0.2) is 23.2 Å². The number of nitrogens with zero attached hydrogens (tertiary/aromatic N) is 1. The molecule has 1 saturated heterocycles. The molecule has 0 amide bonds. The number of anilines is 1. The lowest BCUT2D eigenvalue weighted by Crippen LogP contribution is -2.40. The number of benzene rings is 1. The topological polar surface area (TPSA) is 79.9 Å². The Kier molecular flexibility index (Phi) is 4.64. The van der Waals surface area contributed by atoms with Crippen LogP contribution in [0.1, 0.15) is 36.8 Å². The quantitative estimate of drug-likeness (QED) is 0.588. The van der Waals surface area contributed by atoms with Gasteiger partial charge < -0.3 is 20.9 Å². The Morgan fingerprint density at radius 3 is 2.86 bits per heavy atom. The third-order valence-corrected chi connectivity index (χ3v) is 4.63. The van der Waals surface area contributed by atoms with Gasteiger partial charge in [0.15, 0.2) is 5.96 Å². The molecule has 1 aromatic carbocycles. The zero-order valence-corrected chi connectivity index (χ0v) is 13.0. The average molecular weight is 303 g/mol. The number of hydrogen-bond donors (Lipinski definition) is 3. The summed E-state index contributed by atoms with van der Waals surface area (Å²) in [5, 5.41) is 13.6. The van der Waals surface area contributed by atoms with Crippen molar-refractivity contribution in [2.24, 2.45) is 10.7 Å². The van der Waals surface area contributed by atoms with Crippen molar-refractivity contribution in [1.82, 2.24) is 0 Å². The SMILES string of the molecule is NC(=NCC1(O)CCOCC1)Nc1cccc2c1CCCC2. The zero-order valence-electron chi connectivity index (χ0n) is 13.0. The first kappa shape index (κ1) is 15.3. The van der Waals surface area contributed by atoms with Gasteiger partial charge in [-0.05, 0) is 42.9 Å². The van der Waals surface area contributed by atoms with Crippen LogP contribution in [-0.4, -0.2) is 36.4 Å². The number of rotatable bonds is 3. The molecule has 0 spiro atoms. The van der Waals surface area contributed by atoms with Crippen molar-refractivity contribution in [2.75, 3.05) is 25.1 Å². The van der Waals surface area contributed by atoms with Gasteiger partial charge in [0.25, 0.3) is 0 Å². The lowest BCUT2D eigenvalue weighted by molar-refractivity contribution is -0.0565. The van der Waals surface area contributed by atoms with Gasteiger partial charge in [-0.2, -0.15) is 0 Å². The highest BCUT2D eigenvalue weighted by atomic mass is 16.5. The number of nitrogens with two attached hydrogens (primary N) is 1. The van der Waals surface area contributed by atoms with E-state index in [2.05, 4.69) is 28.5 Å². The fourth-order valence-corrected chi connectivity index (χ4v) is 3.22. The largest absolute Gasteiger partial charge is 0.388 e. The van der Waals surface area contributed by atoms with E-state index in [0.717, 1.165) is 18.5 Å². The summed E-state index contributed by atoms with van der Waals surface area (Å²) in [6.45, 7) is 1.50. The van der Waals surface area contributed by atoms with Gasteiger partial charge in [-0.1, -0.05) is 12.1 Å². The van der Waals surface area contributed by atoms with E-state index < -0.39 is 5.60 Å². The molecule has 120 valence electrons.